The van der Waals surface area contributed by atoms with E-state index in [-0.39, 0.29) is 12.1 Å². The lowest BCUT2D eigenvalue weighted by Gasteiger charge is -2.28. The Kier molecular flexibility index (Phi) is 8.02. The SMILES string of the molecule is CCCNC(C)(CO)CCCCSc1ncccn1. The van der Waals surface area contributed by atoms with Gasteiger partial charge in [0.05, 0.1) is 6.61 Å². The van der Waals surface area contributed by atoms with Crippen LogP contribution >= 0.6 is 11.8 Å². The van der Waals surface area contributed by atoms with E-state index < -0.39 is 0 Å². The number of rotatable bonds is 10. The van der Waals surface area contributed by atoms with E-state index >= 15 is 0 Å². The second-order valence-corrected chi connectivity index (χ2v) is 6.04. The highest BCUT2D eigenvalue weighted by molar-refractivity contribution is 7.99. The van der Waals surface area contributed by atoms with Gasteiger partial charge in [0.2, 0.25) is 0 Å². The van der Waals surface area contributed by atoms with Crippen LogP contribution in [-0.4, -0.2) is 39.5 Å². The molecule has 0 bridgehead atoms. The first-order chi connectivity index (χ1) is 9.20. The van der Waals surface area contributed by atoms with Crippen molar-refractivity contribution in [1.82, 2.24) is 15.3 Å². The summed E-state index contributed by atoms with van der Waals surface area (Å²) in [6.07, 6.45) is 7.86. The van der Waals surface area contributed by atoms with Crippen molar-refractivity contribution in [1.29, 1.82) is 0 Å². The molecule has 1 heterocycles. The number of hydrogen-bond donors (Lipinski definition) is 2. The number of aromatic nitrogens is 2. The first-order valence-electron chi connectivity index (χ1n) is 6.96. The van der Waals surface area contributed by atoms with Crippen LogP contribution < -0.4 is 5.32 Å². The average Bonchev–Trinajstić information content (AvgIpc) is 2.46. The minimum absolute atomic E-state index is 0.135. The zero-order valence-corrected chi connectivity index (χ0v) is 12.7. The van der Waals surface area contributed by atoms with Gasteiger partial charge in [0.1, 0.15) is 0 Å². The van der Waals surface area contributed by atoms with Crippen LogP contribution in [0.15, 0.2) is 23.6 Å². The Hall–Kier alpha value is -0.650. The van der Waals surface area contributed by atoms with Crippen LogP contribution in [0, 0.1) is 0 Å². The predicted octanol–water partition coefficient (Wildman–Crippen LogP) is 2.49. The summed E-state index contributed by atoms with van der Waals surface area (Å²) in [5, 5.41) is 13.7. The molecule has 5 heteroatoms. The zero-order chi connectivity index (χ0) is 14.0. The highest BCUT2D eigenvalue weighted by Gasteiger charge is 2.21. The van der Waals surface area contributed by atoms with Crippen molar-refractivity contribution < 1.29 is 5.11 Å². The van der Waals surface area contributed by atoms with E-state index in [9.17, 15) is 5.11 Å². The summed E-state index contributed by atoms with van der Waals surface area (Å²) in [5.74, 6) is 1.03. The largest absolute Gasteiger partial charge is 0.394 e. The Morgan fingerprint density at radius 3 is 2.68 bits per heavy atom. The summed E-state index contributed by atoms with van der Waals surface area (Å²) in [6.45, 7) is 5.39. The fourth-order valence-corrected chi connectivity index (χ4v) is 2.59. The molecule has 1 aromatic heterocycles. The van der Waals surface area contributed by atoms with Crippen molar-refractivity contribution in [2.75, 3.05) is 18.9 Å². The third-order valence-electron chi connectivity index (χ3n) is 3.05. The van der Waals surface area contributed by atoms with Gasteiger partial charge in [-0.15, -0.1) is 0 Å². The maximum absolute atomic E-state index is 9.46. The van der Waals surface area contributed by atoms with Crippen molar-refractivity contribution >= 4 is 11.8 Å². The number of hydrogen-bond acceptors (Lipinski definition) is 5. The van der Waals surface area contributed by atoms with Crippen molar-refractivity contribution in [3.8, 4) is 0 Å². The Labute approximate surface area is 120 Å². The van der Waals surface area contributed by atoms with Crippen LogP contribution in [0.1, 0.15) is 39.5 Å². The minimum atomic E-state index is -0.135. The van der Waals surface area contributed by atoms with Crippen LogP contribution in [-0.2, 0) is 0 Å². The fraction of sp³-hybridized carbons (Fsp3) is 0.714. The van der Waals surface area contributed by atoms with E-state index in [0.29, 0.717) is 0 Å². The van der Waals surface area contributed by atoms with Gasteiger partial charge in [-0.1, -0.05) is 25.1 Å². The molecule has 1 atom stereocenters. The summed E-state index contributed by atoms with van der Waals surface area (Å²) < 4.78 is 0. The summed E-state index contributed by atoms with van der Waals surface area (Å²) in [7, 11) is 0. The molecule has 2 N–H and O–H groups in total. The first kappa shape index (κ1) is 16.4. The van der Waals surface area contributed by atoms with Crippen LogP contribution in [0.2, 0.25) is 0 Å². The zero-order valence-electron chi connectivity index (χ0n) is 11.9. The lowest BCUT2D eigenvalue weighted by Crippen LogP contribution is -2.46. The normalized spacial score (nSPS) is 14.3. The summed E-state index contributed by atoms with van der Waals surface area (Å²) in [5.41, 5.74) is -0.135. The third kappa shape index (κ3) is 6.89. The molecule has 0 saturated carbocycles. The summed E-state index contributed by atoms with van der Waals surface area (Å²) in [6, 6.07) is 1.83. The molecule has 0 radical (unpaired) electrons. The van der Waals surface area contributed by atoms with Gasteiger partial charge in [-0.2, -0.15) is 0 Å². The van der Waals surface area contributed by atoms with Crippen molar-refractivity contribution in [2.45, 2.75) is 50.2 Å². The molecule has 1 unspecified atom stereocenters. The Bertz CT molecular complexity index is 337. The topological polar surface area (TPSA) is 58.0 Å². The molecule has 0 fully saturated rings. The molecule has 19 heavy (non-hydrogen) atoms. The molecular formula is C14H25N3OS. The Morgan fingerprint density at radius 2 is 2.05 bits per heavy atom. The van der Waals surface area contributed by atoms with Gasteiger partial charge in [0.25, 0.3) is 0 Å². The van der Waals surface area contributed by atoms with Crippen molar-refractivity contribution in [3.63, 3.8) is 0 Å². The fourth-order valence-electron chi connectivity index (χ4n) is 1.79. The van der Waals surface area contributed by atoms with E-state index in [1.807, 2.05) is 6.07 Å². The molecule has 0 aliphatic rings. The number of unbranched alkanes of at least 4 members (excludes halogenated alkanes) is 1. The highest BCUT2D eigenvalue weighted by Crippen LogP contribution is 2.17. The number of nitrogens with one attached hydrogen (secondary N) is 1. The molecule has 108 valence electrons. The summed E-state index contributed by atoms with van der Waals surface area (Å²) >= 11 is 1.69. The van der Waals surface area contributed by atoms with Crippen LogP contribution in [0.3, 0.4) is 0 Å². The molecule has 4 nitrogen and oxygen atoms in total. The monoisotopic (exact) mass is 283 g/mol. The maximum Gasteiger partial charge on any atom is 0.187 e. The molecule has 0 saturated heterocycles. The number of aliphatic hydroxyl groups is 1. The van der Waals surface area contributed by atoms with Gasteiger partial charge < -0.3 is 10.4 Å². The molecule has 0 aliphatic carbocycles. The van der Waals surface area contributed by atoms with E-state index in [0.717, 1.165) is 43.1 Å². The molecule has 1 rings (SSSR count). The predicted molar refractivity (Wildman–Crippen MR) is 80.4 cm³/mol. The van der Waals surface area contributed by atoms with Crippen molar-refractivity contribution in [3.05, 3.63) is 18.5 Å². The van der Waals surface area contributed by atoms with Crippen LogP contribution in [0.25, 0.3) is 0 Å². The number of thioether (sulfide) groups is 1. The quantitative estimate of drug-likeness (QED) is 0.392. The molecule has 0 spiro atoms. The first-order valence-corrected chi connectivity index (χ1v) is 7.94. The van der Waals surface area contributed by atoms with Gasteiger partial charge in [0.15, 0.2) is 5.16 Å². The van der Waals surface area contributed by atoms with Gasteiger partial charge in [-0.3, -0.25) is 0 Å². The van der Waals surface area contributed by atoms with E-state index in [2.05, 4.69) is 29.1 Å². The van der Waals surface area contributed by atoms with Gasteiger partial charge >= 0.3 is 0 Å². The standard InChI is InChI=1S/C14H25N3OS/c1-3-8-17-14(2,12-18)7-4-5-11-19-13-15-9-6-10-16-13/h6,9-10,17-18H,3-5,7-8,11-12H2,1-2H3. The highest BCUT2D eigenvalue weighted by atomic mass is 32.2. The van der Waals surface area contributed by atoms with Gasteiger partial charge in [-0.25, -0.2) is 9.97 Å². The van der Waals surface area contributed by atoms with E-state index in [1.54, 1.807) is 24.2 Å². The third-order valence-corrected chi connectivity index (χ3v) is 4.01. The van der Waals surface area contributed by atoms with E-state index in [1.165, 1.54) is 0 Å². The Balaban J connectivity index is 2.15. The molecular weight excluding hydrogens is 258 g/mol. The lowest BCUT2D eigenvalue weighted by atomic mass is 9.96. The van der Waals surface area contributed by atoms with Crippen LogP contribution in [0.5, 0.6) is 0 Å². The molecule has 0 amide bonds. The minimum Gasteiger partial charge on any atom is -0.394 e. The van der Waals surface area contributed by atoms with E-state index in [4.69, 9.17) is 0 Å². The second kappa shape index (κ2) is 9.28. The second-order valence-electron chi connectivity index (χ2n) is 4.98. The average molecular weight is 283 g/mol. The summed E-state index contributed by atoms with van der Waals surface area (Å²) in [4.78, 5) is 8.36. The molecule has 0 aromatic carbocycles. The van der Waals surface area contributed by atoms with Crippen molar-refractivity contribution in [2.24, 2.45) is 0 Å². The molecule has 0 aliphatic heterocycles. The van der Waals surface area contributed by atoms with Gasteiger partial charge in [-0.05, 0) is 38.8 Å². The number of aliphatic hydroxyl groups excluding tert-OH is 1. The number of nitrogens with zero attached hydrogens (tertiary/aromatic N) is 2. The Morgan fingerprint density at radius 1 is 1.32 bits per heavy atom. The molecule has 1 aromatic rings. The smallest absolute Gasteiger partial charge is 0.187 e. The van der Waals surface area contributed by atoms with Gasteiger partial charge in [0, 0.05) is 23.7 Å². The maximum atomic E-state index is 9.46. The lowest BCUT2D eigenvalue weighted by molar-refractivity contribution is 0.163. The van der Waals surface area contributed by atoms with Crippen LogP contribution in [0.4, 0.5) is 0 Å².